The molecule has 1 aliphatic rings. The van der Waals surface area contributed by atoms with E-state index in [4.69, 9.17) is 4.42 Å². The lowest BCUT2D eigenvalue weighted by atomic mass is 9.90. The van der Waals surface area contributed by atoms with Crippen molar-refractivity contribution >= 4 is 44.5 Å². The first-order chi connectivity index (χ1) is 20.8. The largest absolute Gasteiger partial charge is 0.456 e. The summed E-state index contributed by atoms with van der Waals surface area (Å²) in [4.78, 5) is 2.64. The molecule has 8 aromatic rings. The Morgan fingerprint density at radius 1 is 0.381 bits per heavy atom. The molecule has 0 N–H and O–H groups in total. The smallest absolute Gasteiger partial charge is 0.136 e. The van der Waals surface area contributed by atoms with Gasteiger partial charge in [-0.25, -0.2) is 0 Å². The minimum absolute atomic E-state index is 0.915. The van der Waals surface area contributed by atoms with Crippen molar-refractivity contribution in [2.45, 2.75) is 9.79 Å². The first-order valence-corrected chi connectivity index (χ1v) is 15.1. The number of benzene rings is 7. The number of hydrogen-bond donors (Lipinski definition) is 0. The Balaban J connectivity index is 1.28. The van der Waals surface area contributed by atoms with Crippen LogP contribution in [0.1, 0.15) is 0 Å². The van der Waals surface area contributed by atoms with Crippen LogP contribution in [0, 0.1) is 0 Å². The second-order valence-electron chi connectivity index (χ2n) is 10.9. The van der Waals surface area contributed by atoms with Gasteiger partial charge in [0.25, 0.3) is 0 Å². The fourth-order valence-corrected chi connectivity index (χ4v) is 7.63. The van der Waals surface area contributed by atoms with Crippen molar-refractivity contribution in [1.82, 2.24) is 0 Å². The molecule has 7 aromatic carbocycles. The summed E-state index contributed by atoms with van der Waals surface area (Å²) in [5.41, 5.74) is 11.6. The maximum atomic E-state index is 6.26. The lowest BCUT2D eigenvalue weighted by Crippen LogP contribution is -1.94. The molecule has 1 nitrogen and oxygen atoms in total. The number of furan rings is 1. The van der Waals surface area contributed by atoms with Crippen molar-refractivity contribution in [3.63, 3.8) is 0 Å². The third-order valence-electron chi connectivity index (χ3n) is 8.44. The van der Waals surface area contributed by atoms with E-state index in [1.807, 2.05) is 17.8 Å². The van der Waals surface area contributed by atoms with E-state index in [1.54, 1.807) is 0 Å². The Kier molecular flexibility index (Phi) is 5.20. The molecular formula is C40H24OS. The van der Waals surface area contributed by atoms with Crippen LogP contribution in [0.15, 0.2) is 160 Å². The summed E-state index contributed by atoms with van der Waals surface area (Å²) in [6.45, 7) is 0. The summed E-state index contributed by atoms with van der Waals surface area (Å²) in [6.07, 6.45) is 0. The highest BCUT2D eigenvalue weighted by Crippen LogP contribution is 2.49. The Bertz CT molecular complexity index is 2320. The van der Waals surface area contributed by atoms with Crippen LogP contribution >= 0.6 is 11.8 Å². The molecule has 0 unspecified atom stereocenters. The zero-order chi connectivity index (χ0) is 27.6. The summed E-state index contributed by atoms with van der Waals surface area (Å²) in [5, 5.41) is 4.95. The fourth-order valence-electron chi connectivity index (χ4n) is 6.51. The van der Waals surface area contributed by atoms with Crippen LogP contribution < -0.4 is 0 Å². The molecule has 2 heteroatoms. The van der Waals surface area contributed by atoms with Gasteiger partial charge in [-0.05, 0) is 98.4 Å². The van der Waals surface area contributed by atoms with Crippen molar-refractivity contribution < 1.29 is 4.42 Å². The highest BCUT2D eigenvalue weighted by Gasteiger charge is 2.20. The minimum atomic E-state index is 0.915. The van der Waals surface area contributed by atoms with Gasteiger partial charge in [0.2, 0.25) is 0 Å². The average Bonchev–Trinajstić information content (AvgIpc) is 3.44. The van der Waals surface area contributed by atoms with Gasteiger partial charge in [-0.3, -0.25) is 0 Å². The summed E-state index contributed by atoms with van der Waals surface area (Å²) in [6, 6.07) is 52.6. The molecule has 0 fully saturated rings. The standard InChI is InChI=1S/C40H24OS/c1-2-9-25(10-3-1)28-21-29(23-30(22-28)31-14-8-17-36-40(31)33-13-4-5-16-35(33)41-36)27-19-20-37-34(24-27)32-15-6-11-26-12-7-18-38(42-37)39(26)32/h1-24H. The second kappa shape index (κ2) is 9.24. The Labute approximate surface area is 248 Å². The van der Waals surface area contributed by atoms with Crippen LogP contribution in [0.25, 0.3) is 77.2 Å². The van der Waals surface area contributed by atoms with Crippen molar-refractivity contribution in [3.05, 3.63) is 146 Å². The van der Waals surface area contributed by atoms with E-state index in [2.05, 4.69) is 140 Å². The number of para-hydroxylation sites is 1. The van der Waals surface area contributed by atoms with E-state index in [0.717, 1.165) is 21.9 Å². The number of hydrogen-bond acceptors (Lipinski definition) is 2. The molecule has 0 amide bonds. The van der Waals surface area contributed by atoms with E-state index in [1.165, 1.54) is 65.1 Å². The zero-order valence-corrected chi connectivity index (χ0v) is 23.5. The van der Waals surface area contributed by atoms with Crippen molar-refractivity contribution in [2.75, 3.05) is 0 Å². The molecule has 0 atom stereocenters. The van der Waals surface area contributed by atoms with Crippen molar-refractivity contribution in [2.24, 2.45) is 0 Å². The first-order valence-electron chi connectivity index (χ1n) is 14.3. The maximum absolute atomic E-state index is 6.26. The Hall–Kier alpha value is -5.05. The van der Waals surface area contributed by atoms with E-state index in [-0.39, 0.29) is 0 Å². The molecule has 9 rings (SSSR count). The van der Waals surface area contributed by atoms with E-state index < -0.39 is 0 Å². The van der Waals surface area contributed by atoms with Crippen LogP contribution in [0.5, 0.6) is 0 Å². The van der Waals surface area contributed by atoms with Crippen LogP contribution in [0.3, 0.4) is 0 Å². The zero-order valence-electron chi connectivity index (χ0n) is 22.7. The molecule has 1 aliphatic heterocycles. The average molecular weight is 553 g/mol. The quantitative estimate of drug-likeness (QED) is 0.216. The van der Waals surface area contributed by atoms with Crippen molar-refractivity contribution in [1.29, 1.82) is 0 Å². The molecule has 0 aliphatic carbocycles. The molecule has 0 radical (unpaired) electrons. The van der Waals surface area contributed by atoms with E-state index >= 15 is 0 Å². The van der Waals surface area contributed by atoms with Gasteiger partial charge < -0.3 is 4.42 Å². The molecule has 2 heterocycles. The minimum Gasteiger partial charge on any atom is -0.456 e. The van der Waals surface area contributed by atoms with Gasteiger partial charge in [0.05, 0.1) is 0 Å². The molecule has 0 bridgehead atoms. The fraction of sp³-hybridized carbons (Fsp3) is 0. The SMILES string of the molecule is c1ccc(-c2cc(-c3ccc4c(c3)-c3cccc5cccc(c35)S4)cc(-c3cccc4oc5ccccc5c34)c2)cc1. The predicted molar refractivity (Wildman–Crippen MR) is 177 cm³/mol. The lowest BCUT2D eigenvalue weighted by Gasteiger charge is -2.21. The van der Waals surface area contributed by atoms with E-state index in [0.29, 0.717) is 0 Å². The van der Waals surface area contributed by atoms with Crippen LogP contribution in [0.2, 0.25) is 0 Å². The number of rotatable bonds is 3. The summed E-state index contributed by atoms with van der Waals surface area (Å²) < 4.78 is 6.26. The molecule has 0 saturated carbocycles. The van der Waals surface area contributed by atoms with Gasteiger partial charge in [-0.15, -0.1) is 0 Å². The molecule has 42 heavy (non-hydrogen) atoms. The lowest BCUT2D eigenvalue weighted by molar-refractivity contribution is 0.669. The summed E-state index contributed by atoms with van der Waals surface area (Å²) in [7, 11) is 0. The van der Waals surface area contributed by atoms with Gasteiger partial charge in [-0.1, -0.05) is 109 Å². The monoisotopic (exact) mass is 552 g/mol. The van der Waals surface area contributed by atoms with Gasteiger partial charge in [0.15, 0.2) is 0 Å². The third kappa shape index (κ3) is 3.66. The number of fused-ring (bicyclic) bond motifs is 5. The van der Waals surface area contributed by atoms with Gasteiger partial charge in [-0.2, -0.15) is 0 Å². The first kappa shape index (κ1) is 23.6. The normalized spacial score (nSPS) is 12.2. The molecule has 0 saturated heterocycles. The molecular weight excluding hydrogens is 529 g/mol. The predicted octanol–water partition coefficient (Wildman–Crippen LogP) is 11.9. The van der Waals surface area contributed by atoms with Gasteiger partial charge >= 0.3 is 0 Å². The Morgan fingerprint density at radius 3 is 2.00 bits per heavy atom. The maximum Gasteiger partial charge on any atom is 0.136 e. The highest BCUT2D eigenvalue weighted by molar-refractivity contribution is 7.99. The summed E-state index contributed by atoms with van der Waals surface area (Å²) in [5.74, 6) is 0. The van der Waals surface area contributed by atoms with Gasteiger partial charge in [0, 0.05) is 25.9 Å². The van der Waals surface area contributed by atoms with Crippen LogP contribution in [0.4, 0.5) is 0 Å². The highest BCUT2D eigenvalue weighted by atomic mass is 32.2. The molecule has 196 valence electrons. The molecule has 0 spiro atoms. The van der Waals surface area contributed by atoms with Crippen LogP contribution in [-0.4, -0.2) is 0 Å². The third-order valence-corrected chi connectivity index (χ3v) is 9.58. The van der Waals surface area contributed by atoms with Crippen molar-refractivity contribution in [3.8, 4) is 44.5 Å². The van der Waals surface area contributed by atoms with Gasteiger partial charge in [0.1, 0.15) is 11.2 Å². The van der Waals surface area contributed by atoms with Crippen LogP contribution in [-0.2, 0) is 0 Å². The second-order valence-corrected chi connectivity index (χ2v) is 12.0. The molecule has 1 aromatic heterocycles. The van der Waals surface area contributed by atoms with E-state index in [9.17, 15) is 0 Å². The topological polar surface area (TPSA) is 13.1 Å². The summed E-state index contributed by atoms with van der Waals surface area (Å²) >= 11 is 1.87. The Morgan fingerprint density at radius 2 is 1.10 bits per heavy atom.